The van der Waals surface area contributed by atoms with Crippen molar-refractivity contribution in [3.63, 3.8) is 0 Å². The lowest BCUT2D eigenvalue weighted by molar-refractivity contribution is 0.0510. The molecular formula is C18H28N2O. The number of anilines is 1. The number of amides is 1. The van der Waals surface area contributed by atoms with E-state index in [-0.39, 0.29) is 5.91 Å². The molecule has 1 heterocycles. The van der Waals surface area contributed by atoms with Crippen molar-refractivity contribution in [2.75, 3.05) is 11.9 Å². The number of hydrogen-bond donors (Lipinski definition) is 1. The highest BCUT2D eigenvalue weighted by Crippen LogP contribution is 2.26. The molecule has 2 unspecified atom stereocenters. The van der Waals surface area contributed by atoms with E-state index < -0.39 is 0 Å². The van der Waals surface area contributed by atoms with Gasteiger partial charge in [0.2, 0.25) is 0 Å². The summed E-state index contributed by atoms with van der Waals surface area (Å²) in [6, 6.07) is 6.71. The lowest BCUT2D eigenvalue weighted by atomic mass is 9.96. The molecular weight excluding hydrogens is 260 g/mol. The van der Waals surface area contributed by atoms with Gasteiger partial charge in [-0.05, 0) is 70.2 Å². The minimum atomic E-state index is 0.180. The molecule has 2 atom stereocenters. The molecule has 0 radical (unpaired) electrons. The first-order valence-electron chi connectivity index (χ1n) is 8.21. The summed E-state index contributed by atoms with van der Waals surface area (Å²) in [4.78, 5) is 14.9. The molecule has 1 amide bonds. The summed E-state index contributed by atoms with van der Waals surface area (Å²) < 4.78 is 0. The molecule has 1 aromatic rings. The third-order valence-corrected chi connectivity index (χ3v) is 4.47. The lowest BCUT2D eigenvalue weighted by Gasteiger charge is -2.39. The van der Waals surface area contributed by atoms with Gasteiger partial charge in [0, 0.05) is 29.9 Å². The van der Waals surface area contributed by atoms with E-state index in [0.29, 0.717) is 12.1 Å². The quantitative estimate of drug-likeness (QED) is 0.899. The molecule has 0 aromatic heterocycles. The van der Waals surface area contributed by atoms with Crippen LogP contribution in [-0.4, -0.2) is 29.4 Å². The predicted octanol–water partition coefficient (Wildman–Crippen LogP) is 4.22. The number of hydrogen-bond acceptors (Lipinski definition) is 2. The normalized spacial score (nSPS) is 22.2. The van der Waals surface area contributed by atoms with Crippen LogP contribution in [0.2, 0.25) is 0 Å². The Labute approximate surface area is 128 Å². The zero-order valence-corrected chi connectivity index (χ0v) is 13.8. The van der Waals surface area contributed by atoms with Gasteiger partial charge in [-0.2, -0.15) is 0 Å². The van der Waals surface area contributed by atoms with Crippen LogP contribution in [-0.2, 0) is 0 Å². The summed E-state index contributed by atoms with van der Waals surface area (Å²) in [5.74, 6) is 0.180. The van der Waals surface area contributed by atoms with Crippen molar-refractivity contribution in [1.82, 2.24) is 4.90 Å². The molecule has 3 nitrogen and oxygen atoms in total. The Morgan fingerprint density at radius 2 is 1.95 bits per heavy atom. The van der Waals surface area contributed by atoms with Crippen molar-refractivity contribution in [2.45, 2.75) is 65.5 Å². The van der Waals surface area contributed by atoms with Crippen LogP contribution in [0, 0.1) is 6.92 Å². The van der Waals surface area contributed by atoms with Crippen LogP contribution in [0.1, 0.15) is 62.4 Å². The minimum Gasteiger partial charge on any atom is -0.385 e. The van der Waals surface area contributed by atoms with Crippen molar-refractivity contribution in [3.8, 4) is 0 Å². The lowest BCUT2D eigenvalue weighted by Crippen LogP contribution is -2.47. The van der Waals surface area contributed by atoms with Crippen LogP contribution < -0.4 is 5.32 Å². The average molecular weight is 288 g/mol. The molecule has 1 saturated heterocycles. The second-order valence-corrected chi connectivity index (χ2v) is 6.30. The summed E-state index contributed by atoms with van der Waals surface area (Å²) in [5, 5.41) is 3.40. The number of carbonyl (C=O) groups is 1. The summed E-state index contributed by atoms with van der Waals surface area (Å²) >= 11 is 0. The van der Waals surface area contributed by atoms with E-state index in [4.69, 9.17) is 0 Å². The highest BCUT2D eigenvalue weighted by molar-refractivity contribution is 5.95. The standard InChI is InChI=1S/C18H28N2O/c1-5-11-19-17-10-9-16(12-13(17)2)18(21)20-14(3)7-6-8-15(20)4/h9-10,12,14-15,19H,5-8,11H2,1-4H3. The zero-order valence-electron chi connectivity index (χ0n) is 13.8. The molecule has 0 bridgehead atoms. The Kier molecular flexibility index (Phi) is 5.27. The van der Waals surface area contributed by atoms with Gasteiger partial charge in [0.05, 0.1) is 0 Å². The fourth-order valence-corrected chi connectivity index (χ4v) is 3.23. The maximum atomic E-state index is 12.8. The van der Waals surface area contributed by atoms with E-state index in [1.165, 1.54) is 6.42 Å². The summed E-state index contributed by atoms with van der Waals surface area (Å²) in [6.45, 7) is 9.51. The summed E-state index contributed by atoms with van der Waals surface area (Å²) in [7, 11) is 0. The topological polar surface area (TPSA) is 32.3 Å². The van der Waals surface area contributed by atoms with Gasteiger partial charge in [0.15, 0.2) is 0 Å². The predicted molar refractivity (Wildman–Crippen MR) is 88.9 cm³/mol. The zero-order chi connectivity index (χ0) is 15.4. The van der Waals surface area contributed by atoms with Crippen LogP contribution >= 0.6 is 0 Å². The Hall–Kier alpha value is -1.51. The van der Waals surface area contributed by atoms with Crippen LogP contribution in [0.4, 0.5) is 5.69 Å². The van der Waals surface area contributed by atoms with Gasteiger partial charge in [0.1, 0.15) is 0 Å². The monoisotopic (exact) mass is 288 g/mol. The molecule has 2 rings (SSSR count). The van der Waals surface area contributed by atoms with Crippen LogP contribution in [0.25, 0.3) is 0 Å². The van der Waals surface area contributed by atoms with Crippen LogP contribution in [0.5, 0.6) is 0 Å². The van der Waals surface area contributed by atoms with Gasteiger partial charge in [-0.15, -0.1) is 0 Å². The number of rotatable bonds is 4. The van der Waals surface area contributed by atoms with Crippen molar-refractivity contribution in [3.05, 3.63) is 29.3 Å². The molecule has 1 aliphatic rings. The number of carbonyl (C=O) groups excluding carboxylic acids is 1. The molecule has 0 aliphatic carbocycles. The number of benzene rings is 1. The third kappa shape index (κ3) is 3.58. The first-order chi connectivity index (χ1) is 10.0. The molecule has 0 spiro atoms. The van der Waals surface area contributed by atoms with Gasteiger partial charge in [-0.1, -0.05) is 6.92 Å². The molecule has 1 N–H and O–H groups in total. The molecule has 3 heteroatoms. The van der Waals surface area contributed by atoms with E-state index in [2.05, 4.69) is 37.9 Å². The molecule has 0 saturated carbocycles. The van der Waals surface area contributed by atoms with Gasteiger partial charge < -0.3 is 10.2 Å². The fraction of sp³-hybridized carbons (Fsp3) is 0.611. The van der Waals surface area contributed by atoms with Gasteiger partial charge in [0.25, 0.3) is 5.91 Å². The van der Waals surface area contributed by atoms with Gasteiger partial charge in [-0.25, -0.2) is 0 Å². The van der Waals surface area contributed by atoms with E-state index in [1.807, 2.05) is 18.2 Å². The maximum absolute atomic E-state index is 12.8. The molecule has 1 aliphatic heterocycles. The van der Waals surface area contributed by atoms with E-state index in [9.17, 15) is 4.79 Å². The third-order valence-electron chi connectivity index (χ3n) is 4.47. The van der Waals surface area contributed by atoms with E-state index >= 15 is 0 Å². The largest absolute Gasteiger partial charge is 0.385 e. The summed E-state index contributed by atoms with van der Waals surface area (Å²) in [5.41, 5.74) is 3.09. The Bertz CT molecular complexity index is 488. The smallest absolute Gasteiger partial charge is 0.254 e. The second kappa shape index (κ2) is 6.97. The first kappa shape index (κ1) is 15.9. The van der Waals surface area contributed by atoms with Gasteiger partial charge >= 0.3 is 0 Å². The Morgan fingerprint density at radius 1 is 1.29 bits per heavy atom. The molecule has 116 valence electrons. The first-order valence-corrected chi connectivity index (χ1v) is 8.21. The number of aryl methyl sites for hydroxylation is 1. The Morgan fingerprint density at radius 3 is 2.52 bits per heavy atom. The van der Waals surface area contributed by atoms with Gasteiger partial charge in [-0.3, -0.25) is 4.79 Å². The fourth-order valence-electron chi connectivity index (χ4n) is 3.23. The second-order valence-electron chi connectivity index (χ2n) is 6.30. The summed E-state index contributed by atoms with van der Waals surface area (Å²) in [6.07, 6.45) is 4.56. The average Bonchev–Trinajstić information content (AvgIpc) is 2.45. The Balaban J connectivity index is 2.17. The molecule has 1 fully saturated rings. The number of piperidine rings is 1. The number of likely N-dealkylation sites (tertiary alicyclic amines) is 1. The minimum absolute atomic E-state index is 0.180. The van der Waals surface area contributed by atoms with Crippen molar-refractivity contribution >= 4 is 11.6 Å². The highest BCUT2D eigenvalue weighted by Gasteiger charge is 2.29. The van der Waals surface area contributed by atoms with Crippen molar-refractivity contribution in [2.24, 2.45) is 0 Å². The van der Waals surface area contributed by atoms with Crippen molar-refractivity contribution in [1.29, 1.82) is 0 Å². The highest BCUT2D eigenvalue weighted by atomic mass is 16.2. The molecule has 21 heavy (non-hydrogen) atoms. The number of nitrogens with zero attached hydrogens (tertiary/aromatic N) is 1. The van der Waals surface area contributed by atoms with E-state index in [0.717, 1.165) is 42.6 Å². The number of nitrogens with one attached hydrogen (secondary N) is 1. The van der Waals surface area contributed by atoms with Crippen LogP contribution in [0.15, 0.2) is 18.2 Å². The SMILES string of the molecule is CCCNc1ccc(C(=O)N2C(C)CCCC2C)cc1C. The van der Waals surface area contributed by atoms with Crippen molar-refractivity contribution < 1.29 is 4.79 Å². The molecule has 1 aromatic carbocycles. The van der Waals surface area contributed by atoms with E-state index in [1.54, 1.807) is 0 Å². The maximum Gasteiger partial charge on any atom is 0.254 e. The van der Waals surface area contributed by atoms with Crippen LogP contribution in [0.3, 0.4) is 0 Å².